The van der Waals surface area contributed by atoms with Crippen LogP contribution in [0, 0.1) is 0 Å². The molecule has 2 heterocycles. The van der Waals surface area contributed by atoms with Crippen LogP contribution >= 0.6 is 0 Å². The average Bonchev–Trinajstić information content (AvgIpc) is 2.77. The fourth-order valence-electron chi connectivity index (χ4n) is 2.16. The molecule has 1 aromatic heterocycles. The molecule has 0 aliphatic carbocycles. The molecule has 0 aromatic carbocycles. The highest BCUT2D eigenvalue weighted by molar-refractivity contribution is 5.76. The van der Waals surface area contributed by atoms with Crippen molar-refractivity contribution in [1.29, 1.82) is 0 Å². The zero-order valence-corrected chi connectivity index (χ0v) is 10.4. The molecule has 1 amide bonds. The van der Waals surface area contributed by atoms with E-state index in [9.17, 15) is 4.79 Å². The summed E-state index contributed by atoms with van der Waals surface area (Å²) in [7, 11) is 0. The number of nitrogens with zero attached hydrogens (tertiary/aromatic N) is 1. The third-order valence-electron chi connectivity index (χ3n) is 3.15. The summed E-state index contributed by atoms with van der Waals surface area (Å²) >= 11 is 0. The standard InChI is InChI=1S/C13H21N3O/c1-2-6-16-7-5-11(10-16)8-14-12-3-4-13(17)15-9-12/h5,7,10,12,14H,2-4,6,8-9H2,1H3,(H,15,17). The molecule has 4 nitrogen and oxygen atoms in total. The number of carbonyl (C=O) groups excluding carboxylic acids is 1. The molecule has 4 heteroatoms. The third kappa shape index (κ3) is 3.60. The van der Waals surface area contributed by atoms with Crippen LogP contribution in [0.4, 0.5) is 0 Å². The van der Waals surface area contributed by atoms with Crippen molar-refractivity contribution in [3.8, 4) is 0 Å². The van der Waals surface area contributed by atoms with Gasteiger partial charge in [0.05, 0.1) is 0 Å². The Morgan fingerprint density at radius 2 is 2.47 bits per heavy atom. The highest BCUT2D eigenvalue weighted by atomic mass is 16.1. The van der Waals surface area contributed by atoms with E-state index in [-0.39, 0.29) is 5.91 Å². The summed E-state index contributed by atoms with van der Waals surface area (Å²) in [5.41, 5.74) is 1.32. The van der Waals surface area contributed by atoms with Crippen LogP contribution in [0.25, 0.3) is 0 Å². The summed E-state index contributed by atoms with van der Waals surface area (Å²) in [6, 6.07) is 2.58. The quantitative estimate of drug-likeness (QED) is 0.807. The number of rotatable bonds is 5. The first kappa shape index (κ1) is 12.2. The van der Waals surface area contributed by atoms with Crippen LogP contribution in [0.2, 0.25) is 0 Å². The SMILES string of the molecule is CCCn1ccc(CNC2CCC(=O)NC2)c1. The van der Waals surface area contributed by atoms with Gasteiger partial charge in [-0.05, 0) is 24.5 Å². The van der Waals surface area contributed by atoms with Crippen molar-refractivity contribution >= 4 is 5.91 Å². The Balaban J connectivity index is 1.75. The van der Waals surface area contributed by atoms with Gasteiger partial charge in [-0.1, -0.05) is 6.92 Å². The van der Waals surface area contributed by atoms with Gasteiger partial charge in [-0.2, -0.15) is 0 Å². The molecule has 0 spiro atoms. The number of hydrogen-bond acceptors (Lipinski definition) is 2. The van der Waals surface area contributed by atoms with Crippen molar-refractivity contribution in [3.63, 3.8) is 0 Å². The van der Waals surface area contributed by atoms with Crippen LogP contribution < -0.4 is 10.6 Å². The Morgan fingerprint density at radius 1 is 1.59 bits per heavy atom. The van der Waals surface area contributed by atoms with Crippen LogP contribution in [-0.2, 0) is 17.9 Å². The molecule has 1 unspecified atom stereocenters. The van der Waals surface area contributed by atoms with Crippen molar-refractivity contribution in [2.75, 3.05) is 6.54 Å². The molecule has 2 rings (SSSR count). The predicted molar refractivity (Wildman–Crippen MR) is 67.6 cm³/mol. The predicted octanol–water partition coefficient (Wildman–Crippen LogP) is 1.27. The van der Waals surface area contributed by atoms with E-state index in [1.54, 1.807) is 0 Å². The summed E-state index contributed by atoms with van der Waals surface area (Å²) in [5.74, 6) is 0.178. The molecule has 94 valence electrons. The van der Waals surface area contributed by atoms with Gasteiger partial charge in [-0.3, -0.25) is 4.79 Å². The Bertz CT molecular complexity index is 362. The normalized spacial score (nSPS) is 20.3. The van der Waals surface area contributed by atoms with E-state index in [1.807, 2.05) is 0 Å². The number of aryl methyl sites for hydroxylation is 1. The van der Waals surface area contributed by atoms with E-state index in [4.69, 9.17) is 0 Å². The first-order valence-electron chi connectivity index (χ1n) is 6.42. The molecule has 2 N–H and O–H groups in total. The van der Waals surface area contributed by atoms with Gasteiger partial charge in [-0.25, -0.2) is 0 Å². The number of nitrogens with one attached hydrogen (secondary N) is 2. The number of amides is 1. The maximum atomic E-state index is 11.0. The average molecular weight is 235 g/mol. The van der Waals surface area contributed by atoms with Gasteiger partial charge in [0.1, 0.15) is 0 Å². The van der Waals surface area contributed by atoms with Gasteiger partial charge in [0.15, 0.2) is 0 Å². The topological polar surface area (TPSA) is 46.1 Å². The molecule has 0 saturated carbocycles. The van der Waals surface area contributed by atoms with E-state index >= 15 is 0 Å². The maximum absolute atomic E-state index is 11.0. The van der Waals surface area contributed by atoms with E-state index in [0.29, 0.717) is 12.5 Å². The minimum atomic E-state index is 0.178. The van der Waals surface area contributed by atoms with E-state index < -0.39 is 0 Å². The second-order valence-corrected chi connectivity index (χ2v) is 4.68. The first-order chi connectivity index (χ1) is 8.28. The fraction of sp³-hybridized carbons (Fsp3) is 0.615. The minimum absolute atomic E-state index is 0.178. The van der Waals surface area contributed by atoms with Gasteiger partial charge in [0.2, 0.25) is 5.91 Å². The lowest BCUT2D eigenvalue weighted by Crippen LogP contribution is -2.45. The van der Waals surface area contributed by atoms with Crippen LogP contribution in [-0.4, -0.2) is 23.1 Å². The maximum Gasteiger partial charge on any atom is 0.220 e. The molecule has 1 aliphatic rings. The van der Waals surface area contributed by atoms with E-state index in [1.165, 1.54) is 5.56 Å². The lowest BCUT2D eigenvalue weighted by molar-refractivity contribution is -0.122. The Kier molecular flexibility index (Phi) is 4.20. The van der Waals surface area contributed by atoms with Crippen molar-refractivity contribution in [2.45, 2.75) is 45.3 Å². The molecule has 1 saturated heterocycles. The Labute approximate surface area is 102 Å². The van der Waals surface area contributed by atoms with Crippen LogP contribution in [0.15, 0.2) is 18.5 Å². The first-order valence-corrected chi connectivity index (χ1v) is 6.42. The van der Waals surface area contributed by atoms with Crippen molar-refractivity contribution in [2.24, 2.45) is 0 Å². The minimum Gasteiger partial charge on any atom is -0.355 e. The van der Waals surface area contributed by atoms with Gasteiger partial charge >= 0.3 is 0 Å². The zero-order chi connectivity index (χ0) is 12.1. The second-order valence-electron chi connectivity index (χ2n) is 4.68. The fourth-order valence-corrected chi connectivity index (χ4v) is 2.16. The molecule has 1 aromatic rings. The van der Waals surface area contributed by atoms with E-state index in [2.05, 4.69) is 40.6 Å². The lowest BCUT2D eigenvalue weighted by Gasteiger charge is -2.23. The number of piperidine rings is 1. The van der Waals surface area contributed by atoms with Crippen LogP contribution in [0.5, 0.6) is 0 Å². The monoisotopic (exact) mass is 235 g/mol. The van der Waals surface area contributed by atoms with Gasteiger partial charge in [0.25, 0.3) is 0 Å². The largest absolute Gasteiger partial charge is 0.355 e. The molecule has 0 radical (unpaired) electrons. The molecule has 1 aliphatic heterocycles. The highest BCUT2D eigenvalue weighted by Gasteiger charge is 2.16. The molecule has 1 fully saturated rings. The zero-order valence-electron chi connectivity index (χ0n) is 10.4. The summed E-state index contributed by atoms with van der Waals surface area (Å²) in [6.07, 6.45) is 7.08. The molecule has 17 heavy (non-hydrogen) atoms. The smallest absolute Gasteiger partial charge is 0.220 e. The van der Waals surface area contributed by atoms with Crippen molar-refractivity contribution in [3.05, 3.63) is 24.0 Å². The van der Waals surface area contributed by atoms with Gasteiger partial charge in [-0.15, -0.1) is 0 Å². The molecular formula is C13H21N3O. The summed E-state index contributed by atoms with van der Waals surface area (Å²) in [6.45, 7) is 4.91. The van der Waals surface area contributed by atoms with Crippen LogP contribution in [0.3, 0.4) is 0 Å². The molecular weight excluding hydrogens is 214 g/mol. The van der Waals surface area contributed by atoms with Crippen LogP contribution in [0.1, 0.15) is 31.7 Å². The number of carbonyl (C=O) groups is 1. The Hall–Kier alpha value is -1.29. The molecule has 1 atom stereocenters. The second kappa shape index (κ2) is 5.87. The van der Waals surface area contributed by atoms with Crippen molar-refractivity contribution < 1.29 is 4.79 Å². The van der Waals surface area contributed by atoms with E-state index in [0.717, 1.165) is 32.5 Å². The molecule has 0 bridgehead atoms. The summed E-state index contributed by atoms with van der Waals surface area (Å²) in [5, 5.41) is 6.37. The highest BCUT2D eigenvalue weighted by Crippen LogP contribution is 2.06. The lowest BCUT2D eigenvalue weighted by atomic mass is 10.1. The number of hydrogen-bond donors (Lipinski definition) is 2. The van der Waals surface area contributed by atoms with Gasteiger partial charge < -0.3 is 15.2 Å². The third-order valence-corrected chi connectivity index (χ3v) is 3.15. The van der Waals surface area contributed by atoms with Crippen molar-refractivity contribution in [1.82, 2.24) is 15.2 Å². The summed E-state index contributed by atoms with van der Waals surface area (Å²) < 4.78 is 2.22. The number of aromatic nitrogens is 1. The summed E-state index contributed by atoms with van der Waals surface area (Å²) in [4.78, 5) is 11.0. The Morgan fingerprint density at radius 3 is 3.18 bits per heavy atom. The van der Waals surface area contributed by atoms with Gasteiger partial charge in [0, 0.05) is 44.5 Å².